The Kier molecular flexibility index (Phi) is 4.89. The Bertz CT molecular complexity index is 435. The average Bonchev–Trinajstić information content (AvgIpc) is 2.40. The number of thioether (sulfide) groups is 1. The van der Waals surface area contributed by atoms with E-state index in [1.54, 1.807) is 0 Å². The van der Waals surface area contributed by atoms with E-state index in [4.69, 9.17) is 11.6 Å². The fraction of sp³-hybridized carbons (Fsp3) is 0.462. The number of nitrogens with one attached hydrogen (secondary N) is 1. The van der Waals surface area contributed by atoms with E-state index in [0.29, 0.717) is 17.5 Å². The summed E-state index contributed by atoms with van der Waals surface area (Å²) in [4.78, 5) is 11.8. The molecule has 18 heavy (non-hydrogen) atoms. The first-order chi connectivity index (χ1) is 8.66. The van der Waals surface area contributed by atoms with Crippen LogP contribution in [0.2, 0.25) is 5.02 Å². The molecule has 1 aromatic carbocycles. The fourth-order valence-electron chi connectivity index (χ4n) is 1.95. The van der Waals surface area contributed by atoms with Crippen LogP contribution in [0.15, 0.2) is 18.2 Å². The molecular formula is C13H15ClFNOS. The molecule has 1 aromatic rings. The molecule has 1 saturated heterocycles. The van der Waals surface area contributed by atoms with E-state index < -0.39 is 5.82 Å². The molecule has 1 heterocycles. The van der Waals surface area contributed by atoms with Crippen LogP contribution < -0.4 is 5.32 Å². The van der Waals surface area contributed by atoms with E-state index >= 15 is 0 Å². The van der Waals surface area contributed by atoms with Gasteiger partial charge in [-0.25, -0.2) is 4.39 Å². The minimum absolute atomic E-state index is 0.0210. The van der Waals surface area contributed by atoms with Gasteiger partial charge >= 0.3 is 0 Å². The highest BCUT2D eigenvalue weighted by molar-refractivity contribution is 7.99. The van der Waals surface area contributed by atoms with Crippen molar-refractivity contribution in [2.45, 2.75) is 12.8 Å². The second kappa shape index (κ2) is 6.43. The number of hydrogen-bond acceptors (Lipinski definition) is 2. The van der Waals surface area contributed by atoms with Gasteiger partial charge in [0.25, 0.3) is 5.91 Å². The molecule has 0 radical (unpaired) electrons. The van der Waals surface area contributed by atoms with Crippen LogP contribution in [0.3, 0.4) is 0 Å². The van der Waals surface area contributed by atoms with Crippen molar-refractivity contribution in [1.29, 1.82) is 0 Å². The summed E-state index contributed by atoms with van der Waals surface area (Å²) >= 11 is 7.70. The standard InChI is InChI=1S/C13H15ClFNOS/c14-10-1-2-12(15)11(7-10)13(17)16-8-9-3-5-18-6-4-9/h1-2,7,9H,3-6,8H2,(H,16,17). The highest BCUT2D eigenvalue weighted by atomic mass is 35.5. The molecule has 2 nitrogen and oxygen atoms in total. The van der Waals surface area contributed by atoms with Gasteiger partial charge in [0.15, 0.2) is 0 Å². The summed E-state index contributed by atoms with van der Waals surface area (Å²) in [5, 5.41) is 3.16. The van der Waals surface area contributed by atoms with Crippen LogP contribution in [0.25, 0.3) is 0 Å². The first-order valence-corrected chi connectivity index (χ1v) is 7.51. The van der Waals surface area contributed by atoms with Gasteiger partial charge in [-0.1, -0.05) is 11.6 Å². The van der Waals surface area contributed by atoms with Gasteiger partial charge in [0, 0.05) is 11.6 Å². The number of carbonyl (C=O) groups excluding carboxylic acids is 1. The van der Waals surface area contributed by atoms with E-state index in [9.17, 15) is 9.18 Å². The molecule has 0 unspecified atom stereocenters. The molecule has 98 valence electrons. The number of carbonyl (C=O) groups is 1. The van der Waals surface area contributed by atoms with Crippen LogP contribution >= 0.6 is 23.4 Å². The highest BCUT2D eigenvalue weighted by Crippen LogP contribution is 2.22. The molecule has 0 aromatic heterocycles. The largest absolute Gasteiger partial charge is 0.352 e. The summed E-state index contributed by atoms with van der Waals surface area (Å²) in [5.41, 5.74) is 0.0210. The molecule has 1 N–H and O–H groups in total. The van der Waals surface area contributed by atoms with Gasteiger partial charge in [-0.05, 0) is 48.5 Å². The molecule has 0 spiro atoms. The predicted molar refractivity (Wildman–Crippen MR) is 73.8 cm³/mol. The quantitative estimate of drug-likeness (QED) is 0.924. The summed E-state index contributed by atoms with van der Waals surface area (Å²) in [7, 11) is 0. The van der Waals surface area contributed by atoms with Gasteiger partial charge in [0.2, 0.25) is 0 Å². The Hall–Kier alpha value is -0.740. The Labute approximate surface area is 115 Å². The van der Waals surface area contributed by atoms with Crippen molar-refractivity contribution in [3.05, 3.63) is 34.6 Å². The molecule has 0 atom stereocenters. The maximum atomic E-state index is 13.5. The van der Waals surface area contributed by atoms with E-state index in [1.165, 1.54) is 18.2 Å². The van der Waals surface area contributed by atoms with Gasteiger partial charge in [0.1, 0.15) is 5.82 Å². The van der Waals surface area contributed by atoms with Crippen molar-refractivity contribution in [1.82, 2.24) is 5.32 Å². The molecule has 1 aliphatic rings. The Morgan fingerprint density at radius 3 is 2.89 bits per heavy atom. The van der Waals surface area contributed by atoms with Crippen molar-refractivity contribution in [2.75, 3.05) is 18.1 Å². The molecule has 0 aliphatic carbocycles. The minimum Gasteiger partial charge on any atom is -0.352 e. The Morgan fingerprint density at radius 2 is 2.17 bits per heavy atom. The zero-order valence-electron chi connectivity index (χ0n) is 9.92. The van der Waals surface area contributed by atoms with Crippen LogP contribution in [0.4, 0.5) is 4.39 Å². The van der Waals surface area contributed by atoms with Crippen LogP contribution in [0.1, 0.15) is 23.2 Å². The third-order valence-corrected chi connectivity index (χ3v) is 4.35. The summed E-state index contributed by atoms with van der Waals surface area (Å²) in [5.74, 6) is 1.89. The van der Waals surface area contributed by atoms with Gasteiger partial charge < -0.3 is 5.32 Å². The zero-order chi connectivity index (χ0) is 13.0. The summed E-state index contributed by atoms with van der Waals surface area (Å²) in [6.45, 7) is 0.616. The normalized spacial score (nSPS) is 16.6. The molecule has 5 heteroatoms. The topological polar surface area (TPSA) is 29.1 Å². The third-order valence-electron chi connectivity index (χ3n) is 3.07. The van der Waals surface area contributed by atoms with Gasteiger partial charge in [0.05, 0.1) is 5.56 Å². The van der Waals surface area contributed by atoms with Crippen molar-refractivity contribution in [3.8, 4) is 0 Å². The molecule has 1 aliphatic heterocycles. The minimum atomic E-state index is -0.531. The summed E-state index contributed by atoms with van der Waals surface area (Å²) in [6.07, 6.45) is 2.23. The van der Waals surface area contributed by atoms with Crippen molar-refractivity contribution < 1.29 is 9.18 Å². The van der Waals surface area contributed by atoms with Crippen molar-refractivity contribution in [2.24, 2.45) is 5.92 Å². The SMILES string of the molecule is O=C(NCC1CCSCC1)c1cc(Cl)ccc1F. The maximum Gasteiger partial charge on any atom is 0.254 e. The van der Waals surface area contributed by atoms with E-state index in [-0.39, 0.29) is 11.5 Å². The second-order valence-electron chi connectivity index (χ2n) is 4.39. The van der Waals surface area contributed by atoms with Gasteiger partial charge in [-0.3, -0.25) is 4.79 Å². The first kappa shape index (κ1) is 13.7. The van der Waals surface area contributed by atoms with Gasteiger partial charge in [-0.2, -0.15) is 11.8 Å². The van der Waals surface area contributed by atoms with E-state index in [2.05, 4.69) is 5.32 Å². The van der Waals surface area contributed by atoms with Crippen molar-refractivity contribution in [3.63, 3.8) is 0 Å². The number of hydrogen-bond donors (Lipinski definition) is 1. The van der Waals surface area contributed by atoms with Crippen LogP contribution in [-0.2, 0) is 0 Å². The molecule has 1 fully saturated rings. The summed E-state index contributed by atoms with van der Waals surface area (Å²) < 4.78 is 13.5. The van der Waals surface area contributed by atoms with Crippen LogP contribution in [0.5, 0.6) is 0 Å². The fourth-order valence-corrected chi connectivity index (χ4v) is 3.33. The molecule has 0 bridgehead atoms. The highest BCUT2D eigenvalue weighted by Gasteiger charge is 2.17. The Morgan fingerprint density at radius 1 is 1.44 bits per heavy atom. The Balaban J connectivity index is 1.92. The second-order valence-corrected chi connectivity index (χ2v) is 6.05. The summed E-state index contributed by atoms with van der Waals surface area (Å²) in [6, 6.07) is 4.02. The predicted octanol–water partition coefficient (Wildman–Crippen LogP) is 3.35. The lowest BCUT2D eigenvalue weighted by Crippen LogP contribution is -2.31. The third kappa shape index (κ3) is 3.62. The maximum absolute atomic E-state index is 13.5. The van der Waals surface area contributed by atoms with Crippen LogP contribution in [-0.4, -0.2) is 24.0 Å². The van der Waals surface area contributed by atoms with E-state index in [0.717, 1.165) is 24.3 Å². The van der Waals surface area contributed by atoms with E-state index in [1.807, 2.05) is 11.8 Å². The molecule has 0 saturated carbocycles. The molecular weight excluding hydrogens is 273 g/mol. The zero-order valence-corrected chi connectivity index (χ0v) is 11.5. The smallest absolute Gasteiger partial charge is 0.254 e. The average molecular weight is 288 g/mol. The van der Waals surface area contributed by atoms with Crippen molar-refractivity contribution >= 4 is 29.3 Å². The lowest BCUT2D eigenvalue weighted by molar-refractivity contribution is 0.0942. The molecule has 1 amide bonds. The molecule has 2 rings (SSSR count). The first-order valence-electron chi connectivity index (χ1n) is 5.98. The number of rotatable bonds is 3. The number of benzene rings is 1. The lowest BCUT2D eigenvalue weighted by Gasteiger charge is -2.21. The van der Waals surface area contributed by atoms with Crippen LogP contribution in [0, 0.1) is 11.7 Å². The monoisotopic (exact) mass is 287 g/mol. The van der Waals surface area contributed by atoms with Gasteiger partial charge in [-0.15, -0.1) is 0 Å². The number of halogens is 2. The lowest BCUT2D eigenvalue weighted by atomic mass is 10.0. The number of amides is 1.